The number of nitrogens with zero attached hydrogens (tertiary/aromatic N) is 4. The van der Waals surface area contributed by atoms with E-state index in [1.54, 1.807) is 6.07 Å². The number of ether oxygens (including phenoxy) is 1. The fourth-order valence-corrected chi connectivity index (χ4v) is 6.66. The Labute approximate surface area is 223 Å². The molecule has 1 aromatic heterocycles. The van der Waals surface area contributed by atoms with Crippen LogP contribution in [0.15, 0.2) is 51.9 Å². The third kappa shape index (κ3) is 5.59. The zero-order valence-electron chi connectivity index (χ0n) is 21.7. The molecule has 2 aliphatic heterocycles. The van der Waals surface area contributed by atoms with Gasteiger partial charge in [0.1, 0.15) is 5.75 Å². The van der Waals surface area contributed by atoms with Crippen LogP contribution < -0.4 is 10.1 Å². The summed E-state index contributed by atoms with van der Waals surface area (Å²) in [5.74, 6) is 1.04. The SMILES string of the molecule is COc1ccc(S(=O)(=O)N2CCCC2)cc1NC(=O)C1CCCN(Cc2nc(-c3ccccc3C)no2)C1. The number of methoxy groups -OCH3 is 1. The van der Waals surface area contributed by atoms with E-state index in [0.29, 0.717) is 49.3 Å². The lowest BCUT2D eigenvalue weighted by atomic mass is 9.97. The Hall–Kier alpha value is -3.28. The second-order valence-corrected chi connectivity index (χ2v) is 11.8. The van der Waals surface area contributed by atoms with Crippen molar-refractivity contribution in [2.45, 2.75) is 44.0 Å². The highest BCUT2D eigenvalue weighted by Crippen LogP contribution is 2.31. The number of anilines is 1. The number of piperidine rings is 1. The first-order chi connectivity index (χ1) is 18.3. The van der Waals surface area contributed by atoms with E-state index < -0.39 is 10.0 Å². The number of nitrogens with one attached hydrogen (secondary N) is 1. The molecule has 2 saturated heterocycles. The van der Waals surface area contributed by atoms with Gasteiger partial charge in [-0.2, -0.15) is 9.29 Å². The number of carbonyl (C=O) groups excluding carboxylic acids is 1. The molecule has 202 valence electrons. The normalized spacial score (nSPS) is 18.9. The molecule has 3 aromatic rings. The van der Waals surface area contributed by atoms with E-state index in [1.807, 2.05) is 31.2 Å². The lowest BCUT2D eigenvalue weighted by Gasteiger charge is -2.31. The Morgan fingerprint density at radius 1 is 1.13 bits per heavy atom. The second kappa shape index (κ2) is 11.2. The van der Waals surface area contributed by atoms with Crippen molar-refractivity contribution in [1.29, 1.82) is 0 Å². The highest BCUT2D eigenvalue weighted by Gasteiger charge is 2.30. The van der Waals surface area contributed by atoms with Crippen LogP contribution in [0.3, 0.4) is 0 Å². The van der Waals surface area contributed by atoms with Crippen LogP contribution in [0.4, 0.5) is 5.69 Å². The van der Waals surface area contributed by atoms with Crippen LogP contribution in [0.1, 0.15) is 37.1 Å². The van der Waals surface area contributed by atoms with Crippen molar-refractivity contribution in [3.63, 3.8) is 0 Å². The molecule has 1 atom stereocenters. The summed E-state index contributed by atoms with van der Waals surface area (Å²) in [6.07, 6.45) is 3.29. The molecule has 3 heterocycles. The minimum Gasteiger partial charge on any atom is -0.495 e. The molecule has 0 spiro atoms. The van der Waals surface area contributed by atoms with Crippen LogP contribution in [0.5, 0.6) is 5.75 Å². The van der Waals surface area contributed by atoms with Gasteiger partial charge in [-0.1, -0.05) is 29.4 Å². The Bertz CT molecular complexity index is 1400. The molecule has 1 amide bonds. The molecule has 1 unspecified atom stereocenters. The van der Waals surface area contributed by atoms with E-state index in [2.05, 4.69) is 20.4 Å². The average molecular weight is 540 g/mol. The van der Waals surface area contributed by atoms with Gasteiger partial charge in [0.05, 0.1) is 30.2 Å². The van der Waals surface area contributed by atoms with Crippen molar-refractivity contribution >= 4 is 21.6 Å². The molecule has 0 saturated carbocycles. The number of benzene rings is 2. The molecule has 10 nitrogen and oxygen atoms in total. The molecule has 38 heavy (non-hydrogen) atoms. The molecule has 0 bridgehead atoms. The number of hydrogen-bond acceptors (Lipinski definition) is 8. The summed E-state index contributed by atoms with van der Waals surface area (Å²) in [5, 5.41) is 7.07. The number of likely N-dealkylation sites (tertiary alicyclic amines) is 1. The van der Waals surface area contributed by atoms with E-state index in [0.717, 1.165) is 43.4 Å². The number of aryl methyl sites for hydroxylation is 1. The maximum atomic E-state index is 13.3. The van der Waals surface area contributed by atoms with Gasteiger partial charge in [0, 0.05) is 25.2 Å². The average Bonchev–Trinajstić information content (AvgIpc) is 3.62. The first-order valence-corrected chi connectivity index (χ1v) is 14.4. The van der Waals surface area contributed by atoms with Crippen LogP contribution in [-0.2, 0) is 21.4 Å². The van der Waals surface area contributed by atoms with Gasteiger partial charge < -0.3 is 14.6 Å². The number of hydrogen-bond donors (Lipinski definition) is 1. The molecular formula is C27H33N5O5S. The zero-order chi connectivity index (χ0) is 26.7. The summed E-state index contributed by atoms with van der Waals surface area (Å²) >= 11 is 0. The topological polar surface area (TPSA) is 118 Å². The molecule has 2 fully saturated rings. The third-order valence-corrected chi connectivity index (χ3v) is 9.12. The van der Waals surface area contributed by atoms with Gasteiger partial charge in [-0.3, -0.25) is 9.69 Å². The van der Waals surface area contributed by atoms with Crippen LogP contribution >= 0.6 is 0 Å². The molecular weight excluding hydrogens is 506 g/mol. The van der Waals surface area contributed by atoms with Gasteiger partial charge in [-0.05, 0) is 62.9 Å². The summed E-state index contributed by atoms with van der Waals surface area (Å²) in [6.45, 7) is 4.84. The summed E-state index contributed by atoms with van der Waals surface area (Å²) < 4.78 is 38.5. The molecule has 5 rings (SSSR count). The zero-order valence-corrected chi connectivity index (χ0v) is 22.5. The van der Waals surface area contributed by atoms with Crippen LogP contribution in [0, 0.1) is 12.8 Å². The quantitative estimate of drug-likeness (QED) is 0.461. The molecule has 2 aromatic carbocycles. The van der Waals surface area contributed by atoms with Crippen LogP contribution in [0.25, 0.3) is 11.4 Å². The Morgan fingerprint density at radius 2 is 1.92 bits per heavy atom. The fraction of sp³-hybridized carbons (Fsp3) is 0.444. The summed E-state index contributed by atoms with van der Waals surface area (Å²) in [6, 6.07) is 12.5. The Balaban J connectivity index is 1.26. The highest BCUT2D eigenvalue weighted by molar-refractivity contribution is 7.89. The summed E-state index contributed by atoms with van der Waals surface area (Å²) in [7, 11) is -2.12. The van der Waals surface area contributed by atoms with E-state index in [9.17, 15) is 13.2 Å². The number of amides is 1. The smallest absolute Gasteiger partial charge is 0.243 e. The minimum atomic E-state index is -3.62. The molecule has 11 heteroatoms. The number of carbonyl (C=O) groups is 1. The second-order valence-electron chi connectivity index (χ2n) is 9.86. The van der Waals surface area contributed by atoms with Gasteiger partial charge in [0.2, 0.25) is 27.6 Å². The van der Waals surface area contributed by atoms with Gasteiger partial charge in [-0.25, -0.2) is 8.42 Å². The van der Waals surface area contributed by atoms with E-state index in [1.165, 1.54) is 23.5 Å². The van der Waals surface area contributed by atoms with Gasteiger partial charge in [-0.15, -0.1) is 0 Å². The van der Waals surface area contributed by atoms with Gasteiger partial charge in [0.15, 0.2) is 0 Å². The number of sulfonamides is 1. The van der Waals surface area contributed by atoms with E-state index >= 15 is 0 Å². The number of aromatic nitrogens is 2. The highest BCUT2D eigenvalue weighted by atomic mass is 32.2. The van der Waals surface area contributed by atoms with Crippen molar-refractivity contribution in [1.82, 2.24) is 19.3 Å². The molecule has 0 radical (unpaired) electrons. The number of rotatable bonds is 8. The van der Waals surface area contributed by atoms with Gasteiger partial charge >= 0.3 is 0 Å². The standard InChI is InChI=1S/C27H33N5O5S/c1-19-8-3-4-10-22(19)26-29-25(37-30-26)18-31-13-7-9-20(17-31)27(33)28-23-16-21(11-12-24(23)36-2)38(34,35)32-14-5-6-15-32/h3-4,8,10-12,16,20H,5-7,9,13-15,17-18H2,1-2H3,(H,28,33). The first-order valence-electron chi connectivity index (χ1n) is 12.9. The van der Waals surface area contributed by atoms with Crippen molar-refractivity contribution in [3.8, 4) is 17.1 Å². The Morgan fingerprint density at radius 3 is 2.68 bits per heavy atom. The fourth-order valence-electron chi connectivity index (χ4n) is 5.11. The maximum absolute atomic E-state index is 13.3. The van der Waals surface area contributed by atoms with Crippen molar-refractivity contribution in [2.75, 3.05) is 38.6 Å². The van der Waals surface area contributed by atoms with E-state index in [-0.39, 0.29) is 16.7 Å². The Kier molecular flexibility index (Phi) is 7.78. The minimum absolute atomic E-state index is 0.154. The van der Waals surface area contributed by atoms with Crippen LogP contribution in [-0.4, -0.2) is 67.0 Å². The molecule has 0 aliphatic carbocycles. The van der Waals surface area contributed by atoms with Crippen molar-refractivity contribution < 1.29 is 22.5 Å². The maximum Gasteiger partial charge on any atom is 0.243 e. The summed E-state index contributed by atoms with van der Waals surface area (Å²) in [4.78, 5) is 20.1. The van der Waals surface area contributed by atoms with Gasteiger partial charge in [0.25, 0.3) is 0 Å². The summed E-state index contributed by atoms with van der Waals surface area (Å²) in [5.41, 5.74) is 2.36. The predicted molar refractivity (Wildman–Crippen MR) is 142 cm³/mol. The van der Waals surface area contributed by atoms with Crippen LogP contribution in [0.2, 0.25) is 0 Å². The largest absolute Gasteiger partial charge is 0.495 e. The van der Waals surface area contributed by atoms with Crippen molar-refractivity contribution in [2.24, 2.45) is 5.92 Å². The molecule has 1 N–H and O–H groups in total. The predicted octanol–water partition coefficient (Wildman–Crippen LogP) is 3.69. The lowest BCUT2D eigenvalue weighted by molar-refractivity contribution is -0.121. The third-order valence-electron chi connectivity index (χ3n) is 7.22. The first kappa shape index (κ1) is 26.3. The van der Waals surface area contributed by atoms with E-state index in [4.69, 9.17) is 9.26 Å². The lowest BCUT2D eigenvalue weighted by Crippen LogP contribution is -2.40. The molecule has 2 aliphatic rings. The monoisotopic (exact) mass is 539 g/mol. The van der Waals surface area contributed by atoms with Crippen molar-refractivity contribution in [3.05, 3.63) is 53.9 Å².